The fraction of sp³-hybridized carbons (Fsp3) is 0.412. The molecule has 0 saturated carbocycles. The summed E-state index contributed by atoms with van der Waals surface area (Å²) in [5.74, 6) is 1.20. The molecular weight excluding hydrogens is 385 g/mol. The molecule has 0 spiro atoms. The van der Waals surface area contributed by atoms with Crippen molar-refractivity contribution >= 4 is 42.3 Å². The molecule has 5 nitrogen and oxygen atoms in total. The van der Waals surface area contributed by atoms with Crippen molar-refractivity contribution in [2.45, 2.75) is 31.7 Å². The monoisotopic (exact) mass is 405 g/mol. The number of rotatable bonds is 6. The molecule has 8 heteroatoms. The molecule has 2 heterocycles. The van der Waals surface area contributed by atoms with Crippen molar-refractivity contribution in [3.8, 4) is 11.3 Å². The van der Waals surface area contributed by atoms with Gasteiger partial charge in [-0.1, -0.05) is 23.7 Å². The van der Waals surface area contributed by atoms with E-state index in [1.165, 1.54) is 6.42 Å². The first-order valence-electron chi connectivity index (χ1n) is 7.92. The number of nitrogens with one attached hydrogen (secondary N) is 2. The van der Waals surface area contributed by atoms with Gasteiger partial charge in [0.25, 0.3) is 0 Å². The number of aryl methyl sites for hydroxylation is 1. The molecule has 1 atom stereocenters. The lowest BCUT2D eigenvalue weighted by atomic mass is 10.2. The predicted molar refractivity (Wildman–Crippen MR) is 104 cm³/mol. The van der Waals surface area contributed by atoms with E-state index in [-0.39, 0.29) is 30.7 Å². The Labute approximate surface area is 164 Å². The summed E-state index contributed by atoms with van der Waals surface area (Å²) in [6.45, 7) is 1.73. The van der Waals surface area contributed by atoms with Gasteiger partial charge in [0.1, 0.15) is 0 Å². The van der Waals surface area contributed by atoms with E-state index in [2.05, 4.69) is 15.6 Å². The van der Waals surface area contributed by atoms with E-state index in [4.69, 9.17) is 16.0 Å². The Balaban J connectivity index is 0.00000156. The van der Waals surface area contributed by atoms with Crippen molar-refractivity contribution < 1.29 is 9.21 Å². The molecule has 1 saturated heterocycles. The Hall–Kier alpha value is -1.27. The van der Waals surface area contributed by atoms with Gasteiger partial charge in [0.05, 0.1) is 11.2 Å². The first-order valence-corrected chi connectivity index (χ1v) is 8.30. The van der Waals surface area contributed by atoms with Crippen LogP contribution in [0.25, 0.3) is 11.3 Å². The number of nitrogens with zero attached hydrogens (tertiary/aromatic N) is 1. The van der Waals surface area contributed by atoms with E-state index in [0.29, 0.717) is 42.1 Å². The molecular formula is C17H22Cl3N3O2. The summed E-state index contributed by atoms with van der Waals surface area (Å²) < 4.78 is 5.69. The smallest absolute Gasteiger partial charge is 0.220 e. The Bertz CT molecular complexity index is 673. The molecule has 1 aliphatic rings. The lowest BCUT2D eigenvalue weighted by Gasteiger charge is -2.10. The summed E-state index contributed by atoms with van der Waals surface area (Å²) in [4.78, 5) is 16.1. The van der Waals surface area contributed by atoms with Crippen molar-refractivity contribution in [2.24, 2.45) is 0 Å². The molecule has 1 aromatic heterocycles. The minimum atomic E-state index is 0. The van der Waals surface area contributed by atoms with Gasteiger partial charge in [-0.15, -0.1) is 24.8 Å². The van der Waals surface area contributed by atoms with Crippen LogP contribution < -0.4 is 10.6 Å². The number of aromatic nitrogens is 1. The van der Waals surface area contributed by atoms with Crippen molar-refractivity contribution in [2.75, 3.05) is 13.1 Å². The predicted octanol–water partition coefficient (Wildman–Crippen LogP) is 3.64. The average Bonchev–Trinajstić information content (AvgIpc) is 3.23. The normalized spacial score (nSPS) is 16.0. The van der Waals surface area contributed by atoms with Crippen LogP contribution in [0.2, 0.25) is 5.02 Å². The first kappa shape index (κ1) is 21.8. The van der Waals surface area contributed by atoms with Crippen LogP contribution in [0.5, 0.6) is 0 Å². The lowest BCUT2D eigenvalue weighted by molar-refractivity contribution is -0.121. The van der Waals surface area contributed by atoms with Crippen LogP contribution in [-0.4, -0.2) is 30.0 Å². The summed E-state index contributed by atoms with van der Waals surface area (Å²) in [5.41, 5.74) is 0.810. The van der Waals surface area contributed by atoms with Crippen LogP contribution in [0.4, 0.5) is 0 Å². The van der Waals surface area contributed by atoms with Crippen LogP contribution >= 0.6 is 36.4 Å². The minimum Gasteiger partial charge on any atom is -0.441 e. The summed E-state index contributed by atoms with van der Waals surface area (Å²) in [6.07, 6.45) is 4.81. The SMILES string of the molecule is Cl.Cl.O=C(CCc1ncc(-c2ccccc2Cl)o1)NCC1CCCN1. The molecule has 138 valence electrons. The second-order valence-electron chi connectivity index (χ2n) is 5.70. The van der Waals surface area contributed by atoms with Gasteiger partial charge in [-0.3, -0.25) is 4.79 Å². The zero-order chi connectivity index (χ0) is 16.1. The lowest BCUT2D eigenvalue weighted by Crippen LogP contribution is -2.37. The van der Waals surface area contributed by atoms with Gasteiger partial charge in [-0.05, 0) is 31.5 Å². The highest BCUT2D eigenvalue weighted by atomic mass is 35.5. The number of carbonyl (C=O) groups is 1. The van der Waals surface area contributed by atoms with Gasteiger partial charge in [-0.25, -0.2) is 4.98 Å². The molecule has 2 aromatic rings. The molecule has 0 bridgehead atoms. The maximum absolute atomic E-state index is 11.9. The molecule has 0 aliphatic carbocycles. The van der Waals surface area contributed by atoms with Crippen LogP contribution in [0.3, 0.4) is 0 Å². The maximum Gasteiger partial charge on any atom is 0.220 e. The molecule has 1 fully saturated rings. The van der Waals surface area contributed by atoms with Crippen molar-refractivity contribution in [3.05, 3.63) is 41.4 Å². The molecule has 25 heavy (non-hydrogen) atoms. The highest BCUT2D eigenvalue weighted by molar-refractivity contribution is 6.33. The van der Waals surface area contributed by atoms with Gasteiger partial charge in [0.15, 0.2) is 11.7 Å². The number of hydrogen-bond donors (Lipinski definition) is 2. The molecule has 0 radical (unpaired) electrons. The van der Waals surface area contributed by atoms with Gasteiger partial charge < -0.3 is 15.1 Å². The van der Waals surface area contributed by atoms with E-state index in [9.17, 15) is 4.79 Å². The van der Waals surface area contributed by atoms with Crippen molar-refractivity contribution in [1.82, 2.24) is 15.6 Å². The van der Waals surface area contributed by atoms with Gasteiger partial charge in [0.2, 0.25) is 5.91 Å². The van der Waals surface area contributed by atoms with Crippen LogP contribution in [0, 0.1) is 0 Å². The molecule has 1 aliphatic heterocycles. The third kappa shape index (κ3) is 6.19. The Morgan fingerprint density at radius 3 is 2.88 bits per heavy atom. The molecule has 1 aromatic carbocycles. The first-order chi connectivity index (χ1) is 11.2. The second kappa shape index (κ2) is 10.7. The number of benzene rings is 1. The minimum absolute atomic E-state index is 0. The summed E-state index contributed by atoms with van der Waals surface area (Å²) >= 11 is 6.14. The number of oxazole rings is 1. The van der Waals surface area contributed by atoms with E-state index >= 15 is 0 Å². The largest absolute Gasteiger partial charge is 0.441 e. The second-order valence-corrected chi connectivity index (χ2v) is 6.10. The third-order valence-electron chi connectivity index (χ3n) is 3.97. The highest BCUT2D eigenvalue weighted by Crippen LogP contribution is 2.28. The van der Waals surface area contributed by atoms with Crippen LogP contribution in [0.15, 0.2) is 34.9 Å². The van der Waals surface area contributed by atoms with E-state index in [0.717, 1.165) is 18.5 Å². The van der Waals surface area contributed by atoms with Crippen LogP contribution in [0.1, 0.15) is 25.2 Å². The Kier molecular flexibility index (Phi) is 9.28. The zero-order valence-corrected chi connectivity index (χ0v) is 16.1. The number of carbonyl (C=O) groups excluding carboxylic acids is 1. The van der Waals surface area contributed by atoms with Gasteiger partial charge in [0, 0.05) is 31.0 Å². The molecule has 3 rings (SSSR count). The van der Waals surface area contributed by atoms with Crippen molar-refractivity contribution in [3.63, 3.8) is 0 Å². The quantitative estimate of drug-likeness (QED) is 0.768. The molecule has 1 amide bonds. The molecule has 1 unspecified atom stereocenters. The molecule has 2 N–H and O–H groups in total. The van der Waals surface area contributed by atoms with Crippen LogP contribution in [-0.2, 0) is 11.2 Å². The third-order valence-corrected chi connectivity index (χ3v) is 4.30. The van der Waals surface area contributed by atoms with E-state index in [1.54, 1.807) is 6.20 Å². The number of hydrogen-bond acceptors (Lipinski definition) is 4. The zero-order valence-electron chi connectivity index (χ0n) is 13.7. The average molecular weight is 407 g/mol. The summed E-state index contributed by atoms with van der Waals surface area (Å²) in [6, 6.07) is 7.87. The van der Waals surface area contributed by atoms with Crippen molar-refractivity contribution in [1.29, 1.82) is 0 Å². The van der Waals surface area contributed by atoms with Gasteiger partial charge in [-0.2, -0.15) is 0 Å². The maximum atomic E-state index is 11.9. The van der Waals surface area contributed by atoms with E-state index in [1.807, 2.05) is 24.3 Å². The number of amides is 1. The standard InChI is InChI=1S/C17H20ClN3O2.2ClH/c18-14-6-2-1-5-13(14)15-11-21-17(23-15)8-7-16(22)20-10-12-4-3-9-19-12;;/h1-2,5-6,11-12,19H,3-4,7-10H2,(H,20,22);2*1H. The topological polar surface area (TPSA) is 67.2 Å². The Morgan fingerprint density at radius 1 is 1.36 bits per heavy atom. The summed E-state index contributed by atoms with van der Waals surface area (Å²) in [7, 11) is 0. The number of halogens is 3. The highest BCUT2D eigenvalue weighted by Gasteiger charge is 2.15. The van der Waals surface area contributed by atoms with Gasteiger partial charge >= 0.3 is 0 Å². The fourth-order valence-corrected chi connectivity index (χ4v) is 2.92. The summed E-state index contributed by atoms with van der Waals surface area (Å²) in [5, 5.41) is 6.93. The fourth-order valence-electron chi connectivity index (χ4n) is 2.69. The van der Waals surface area contributed by atoms with E-state index < -0.39 is 0 Å². The Morgan fingerprint density at radius 2 is 2.16 bits per heavy atom.